The Hall–Kier alpha value is -1.11. The quantitative estimate of drug-likeness (QED) is 0.149. The topological polar surface area (TPSA) is 49.1 Å². The Balaban J connectivity index is 0.000000234. The normalized spacial score (nSPS) is 14.8. The number of nitrogens with zero attached hydrogens (tertiary/aromatic N) is 2. The van der Waals surface area contributed by atoms with Crippen molar-refractivity contribution in [3.63, 3.8) is 0 Å². The predicted octanol–water partition coefficient (Wildman–Crippen LogP) is 5.84. The van der Waals surface area contributed by atoms with Crippen molar-refractivity contribution in [3.05, 3.63) is 65.3 Å². The van der Waals surface area contributed by atoms with E-state index in [0.29, 0.717) is 0 Å². The number of benzene rings is 2. The van der Waals surface area contributed by atoms with E-state index in [-0.39, 0.29) is 12.0 Å². The minimum atomic E-state index is -1.86. The van der Waals surface area contributed by atoms with Gasteiger partial charge in [0, 0.05) is 12.2 Å². The molecule has 2 aromatic rings. The maximum Gasteiger partial charge on any atom is 0.0142 e. The largest absolute Gasteiger partial charge is 0.506 e. The Morgan fingerprint density at radius 2 is 1.85 bits per heavy atom. The second-order valence-electron chi connectivity index (χ2n) is 7.68. The van der Waals surface area contributed by atoms with Crippen molar-refractivity contribution in [1.29, 1.82) is 0 Å². The van der Waals surface area contributed by atoms with Gasteiger partial charge in [0.25, 0.3) is 0 Å². The summed E-state index contributed by atoms with van der Waals surface area (Å²) in [7, 11) is 13.1. The van der Waals surface area contributed by atoms with Crippen LogP contribution in [0.1, 0.15) is 29.2 Å². The number of methoxy groups -OCH3 is 1. The van der Waals surface area contributed by atoms with E-state index >= 15 is 0 Å². The van der Waals surface area contributed by atoms with Crippen LogP contribution in [0.25, 0.3) is 0 Å². The van der Waals surface area contributed by atoms with E-state index in [1.807, 2.05) is 28.9 Å². The molecule has 0 amide bonds. The molecule has 1 fully saturated rings. The minimum Gasteiger partial charge on any atom is -0.506 e. The first-order chi connectivity index (χ1) is 15.7. The van der Waals surface area contributed by atoms with Gasteiger partial charge in [-0.1, -0.05) is 17.7 Å². The summed E-state index contributed by atoms with van der Waals surface area (Å²) in [6, 6.07) is 11.8. The summed E-state index contributed by atoms with van der Waals surface area (Å²) in [5, 5.41) is 3.13. The fourth-order valence-corrected chi connectivity index (χ4v) is 5.98. The van der Waals surface area contributed by atoms with E-state index in [4.69, 9.17) is 24.1 Å². The number of ether oxygens (including phenoxy) is 1. The molecule has 3 rings (SSSR count). The van der Waals surface area contributed by atoms with Gasteiger partial charge in [0.05, 0.1) is 0 Å². The Morgan fingerprint density at radius 3 is 2.39 bits per heavy atom. The standard InChI is InChI=1S/C13H19N2S.C11H13NO2.2ClH.Ru/c1-10-7-11(2)13(12(3)8-10)14-5-6-15(9-14)16-4;1-8-6-4-5-7-10(8)12-9(2)11(13)14-3;;;/h7-9H,5-6H2,1-4H3;1,4-7,9,12H,2-3H3;2*1H;/q-1;;;;+2/p-1. The molecular weight excluding hydrogens is 566 g/mol. The van der Waals surface area contributed by atoms with E-state index < -0.39 is 13.5 Å². The van der Waals surface area contributed by atoms with Crippen LogP contribution in [-0.4, -0.2) is 52.2 Å². The number of aryl methyl sites for hydroxylation is 3. The van der Waals surface area contributed by atoms with Crippen molar-refractivity contribution >= 4 is 53.3 Å². The summed E-state index contributed by atoms with van der Waals surface area (Å²) in [5.41, 5.74) is 7.27. The first-order valence-electron chi connectivity index (χ1n) is 10.4. The van der Waals surface area contributed by atoms with Crippen molar-refractivity contribution in [2.45, 2.75) is 33.7 Å². The van der Waals surface area contributed by atoms with E-state index in [9.17, 15) is 4.79 Å². The van der Waals surface area contributed by atoms with Crippen LogP contribution in [0.5, 0.6) is 0 Å². The van der Waals surface area contributed by atoms with Crippen LogP contribution in [0.2, 0.25) is 0 Å². The van der Waals surface area contributed by atoms with Crippen molar-refractivity contribution in [2.24, 2.45) is 0 Å². The molecule has 1 aliphatic heterocycles. The molecule has 33 heavy (non-hydrogen) atoms. The van der Waals surface area contributed by atoms with Crippen LogP contribution in [0, 0.1) is 27.4 Å². The zero-order valence-electron chi connectivity index (χ0n) is 19.9. The van der Waals surface area contributed by atoms with Crippen molar-refractivity contribution in [3.8, 4) is 0 Å². The number of anilines is 2. The molecule has 0 bridgehead atoms. The molecule has 0 saturated carbocycles. The summed E-state index contributed by atoms with van der Waals surface area (Å²) >= 11 is -0.0816. The van der Waals surface area contributed by atoms with Gasteiger partial charge in [0.2, 0.25) is 0 Å². The fourth-order valence-electron chi connectivity index (χ4n) is 3.68. The number of esters is 1. The molecule has 0 aromatic heterocycles. The number of halogens is 2. The second kappa shape index (κ2) is 13.7. The average Bonchev–Trinajstić information content (AvgIpc) is 3.22. The van der Waals surface area contributed by atoms with Crippen LogP contribution < -0.4 is 10.2 Å². The third-order valence-electron chi connectivity index (χ3n) is 5.09. The van der Waals surface area contributed by atoms with E-state index in [1.165, 1.54) is 29.5 Å². The van der Waals surface area contributed by atoms with Crippen LogP contribution in [-0.2, 0) is 18.3 Å². The Kier molecular flexibility index (Phi) is 11.7. The maximum atomic E-state index is 9.44. The molecule has 9 heteroatoms. The molecule has 0 spiro atoms. The number of carbonyl (C=O) groups excluding carboxylic acids is 1. The Bertz CT molecular complexity index is 963. The predicted molar refractivity (Wildman–Crippen MR) is 143 cm³/mol. The molecule has 1 aliphatic rings. The first-order valence-corrected chi connectivity index (χ1v) is 17.1. The number of nitrogens with one attached hydrogen (secondary N) is 1. The molecule has 0 radical (unpaired) electrons. The fraction of sp³-hybridized carbons (Fsp3) is 0.375. The summed E-state index contributed by atoms with van der Waals surface area (Å²) in [6.45, 7) is 12.8. The SMILES string of the molecule is COC(=[OH+])C(C)Nc1ccccc1[CH]=[Ru]([Cl])[Cl].CSN1[CH-]N(c2c(C)cc(C)cc2C)CC1. The van der Waals surface area contributed by atoms with Crippen LogP contribution in [0.15, 0.2) is 36.4 Å². The Morgan fingerprint density at radius 1 is 1.21 bits per heavy atom. The van der Waals surface area contributed by atoms with Crippen molar-refractivity contribution in [2.75, 3.05) is 36.7 Å². The molecule has 1 atom stereocenters. The smallest absolute Gasteiger partial charge is 0.0142 e. The van der Waals surface area contributed by atoms with Gasteiger partial charge in [0.1, 0.15) is 0 Å². The molecule has 1 saturated heterocycles. The van der Waals surface area contributed by atoms with Gasteiger partial charge in [-0.25, -0.2) is 0 Å². The summed E-state index contributed by atoms with van der Waals surface area (Å²) in [4.78, 5) is 11.8. The summed E-state index contributed by atoms with van der Waals surface area (Å²) in [5.74, 6) is -0.0641. The molecule has 5 nitrogen and oxygen atoms in total. The average molecular weight is 600 g/mol. The third kappa shape index (κ3) is 8.56. The molecule has 2 aromatic carbocycles. The van der Waals surface area contributed by atoms with Gasteiger partial charge in [-0.15, -0.1) is 11.9 Å². The van der Waals surface area contributed by atoms with Gasteiger partial charge < -0.3 is 9.21 Å². The van der Waals surface area contributed by atoms with Crippen LogP contribution in [0.4, 0.5) is 11.4 Å². The molecule has 184 valence electrons. The maximum absolute atomic E-state index is 9.44. The van der Waals surface area contributed by atoms with Crippen molar-refractivity contribution in [1.82, 2.24) is 4.31 Å². The second-order valence-corrected chi connectivity index (χ2v) is 14.2. The monoisotopic (exact) mass is 599 g/mol. The number of para-hydroxylation sites is 1. The number of hydrogen-bond donors (Lipinski definition) is 1. The number of rotatable bonds is 6. The number of hydrogen-bond acceptors (Lipinski definition) is 5. The van der Waals surface area contributed by atoms with E-state index in [0.717, 1.165) is 24.3 Å². The van der Waals surface area contributed by atoms with E-state index in [1.54, 1.807) is 18.9 Å². The van der Waals surface area contributed by atoms with Crippen LogP contribution in [0.3, 0.4) is 0 Å². The summed E-state index contributed by atoms with van der Waals surface area (Å²) in [6.07, 6.45) is 2.12. The Labute approximate surface area is 215 Å². The molecule has 2 N–H and O–H groups in total. The van der Waals surface area contributed by atoms with Crippen LogP contribution >= 0.6 is 31.3 Å². The van der Waals surface area contributed by atoms with Gasteiger partial charge in [-0.3, -0.25) is 0 Å². The third-order valence-corrected chi connectivity index (χ3v) is 7.66. The van der Waals surface area contributed by atoms with Gasteiger partial charge in [-0.2, -0.15) is 6.67 Å². The molecule has 1 heterocycles. The minimum absolute atomic E-state index is 0.0641. The van der Waals surface area contributed by atoms with Gasteiger partial charge >= 0.3 is 114 Å². The summed E-state index contributed by atoms with van der Waals surface area (Å²) < 4.78 is 8.89. The zero-order valence-corrected chi connectivity index (χ0v) is 23.9. The molecular formula is C24H33Cl2N3O2RuS. The zero-order chi connectivity index (χ0) is 24.5. The van der Waals surface area contributed by atoms with E-state index in [2.05, 4.69) is 60.4 Å². The van der Waals surface area contributed by atoms with Crippen molar-refractivity contribution < 1.29 is 23.0 Å². The molecule has 0 aliphatic carbocycles. The molecule has 1 unspecified atom stereocenters. The first kappa shape index (κ1) is 28.1. The van der Waals surface area contributed by atoms with Gasteiger partial charge in [-0.05, 0) is 44.7 Å². The van der Waals surface area contributed by atoms with Gasteiger partial charge in [0.15, 0.2) is 0 Å².